The molecule has 0 atom stereocenters. The van der Waals surface area contributed by atoms with Gasteiger partial charge in [0.1, 0.15) is 5.75 Å². The summed E-state index contributed by atoms with van der Waals surface area (Å²) in [7, 11) is 0. The third-order valence-electron chi connectivity index (χ3n) is 3.18. The summed E-state index contributed by atoms with van der Waals surface area (Å²) in [5.74, 6) is -0.436. The fourth-order valence-electron chi connectivity index (χ4n) is 2.24. The average molecular weight is 411 g/mol. The molecule has 0 bridgehead atoms. The van der Waals surface area contributed by atoms with Crippen LogP contribution in [0.4, 0.5) is 0 Å². The van der Waals surface area contributed by atoms with Crippen LogP contribution >= 0.6 is 31.9 Å². The zero-order chi connectivity index (χ0) is 15.1. The van der Waals surface area contributed by atoms with Gasteiger partial charge in [0, 0.05) is 31.0 Å². The van der Waals surface area contributed by atoms with E-state index in [1.165, 1.54) is 6.07 Å². The van der Waals surface area contributed by atoms with Crippen LogP contribution in [0, 0.1) is 0 Å². The molecule has 0 amide bonds. The first-order valence-corrected chi connectivity index (χ1v) is 7.59. The zero-order valence-electron chi connectivity index (χ0n) is 10.5. The van der Waals surface area contributed by atoms with Gasteiger partial charge < -0.3 is 15.2 Å². The summed E-state index contributed by atoms with van der Waals surface area (Å²) in [6, 6.07) is 10.1. The number of H-pyrrole nitrogens is 1. The van der Waals surface area contributed by atoms with E-state index in [9.17, 15) is 15.0 Å². The Balaban J connectivity index is 2.51. The van der Waals surface area contributed by atoms with Crippen LogP contribution in [0.15, 0.2) is 50.1 Å². The lowest BCUT2D eigenvalue weighted by Crippen LogP contribution is -2.06. The van der Waals surface area contributed by atoms with Crippen molar-refractivity contribution in [3.8, 4) is 22.6 Å². The highest BCUT2D eigenvalue weighted by molar-refractivity contribution is 9.10. The summed E-state index contributed by atoms with van der Waals surface area (Å²) in [4.78, 5) is 14.5. The van der Waals surface area contributed by atoms with Crippen molar-refractivity contribution < 1.29 is 10.2 Å². The van der Waals surface area contributed by atoms with Crippen molar-refractivity contribution in [2.45, 2.75) is 0 Å². The highest BCUT2D eigenvalue weighted by Crippen LogP contribution is 2.40. The Morgan fingerprint density at radius 1 is 0.952 bits per heavy atom. The third kappa shape index (κ3) is 2.45. The van der Waals surface area contributed by atoms with Crippen LogP contribution in [0.2, 0.25) is 0 Å². The van der Waals surface area contributed by atoms with Gasteiger partial charge in [0.2, 0.25) is 0 Å². The average Bonchev–Trinajstić information content (AvgIpc) is 2.44. The second-order valence-electron chi connectivity index (χ2n) is 4.53. The molecule has 0 aliphatic rings. The van der Waals surface area contributed by atoms with Crippen LogP contribution < -0.4 is 5.56 Å². The molecule has 4 nitrogen and oxygen atoms in total. The molecule has 0 aliphatic carbocycles. The number of nitrogens with one attached hydrogen (secondary N) is 1. The minimum Gasteiger partial charge on any atom is -0.507 e. The summed E-state index contributed by atoms with van der Waals surface area (Å²) in [6.45, 7) is 0. The first-order valence-electron chi connectivity index (χ1n) is 6.01. The van der Waals surface area contributed by atoms with Gasteiger partial charge in [0.15, 0.2) is 5.75 Å². The number of phenolic OH excluding ortho intramolecular Hbond substituents is 1. The molecule has 0 saturated heterocycles. The number of aromatic amines is 1. The van der Waals surface area contributed by atoms with E-state index in [0.29, 0.717) is 22.0 Å². The van der Waals surface area contributed by atoms with Gasteiger partial charge in [-0.15, -0.1) is 0 Å². The third-order valence-corrected chi connectivity index (χ3v) is 4.17. The number of pyridine rings is 1. The number of hydrogen-bond donors (Lipinski definition) is 3. The molecule has 2 aromatic carbocycles. The molecule has 21 heavy (non-hydrogen) atoms. The minimum atomic E-state index is -0.598. The molecule has 0 unspecified atom stereocenters. The quantitative estimate of drug-likeness (QED) is 0.564. The van der Waals surface area contributed by atoms with Crippen LogP contribution in [-0.4, -0.2) is 15.2 Å². The molecule has 0 fully saturated rings. The van der Waals surface area contributed by atoms with Crippen LogP contribution in [0.5, 0.6) is 11.5 Å². The number of hydrogen-bond acceptors (Lipinski definition) is 3. The zero-order valence-corrected chi connectivity index (χ0v) is 13.7. The molecule has 1 aromatic heterocycles. The molecule has 0 saturated carbocycles. The van der Waals surface area contributed by atoms with Gasteiger partial charge in [-0.2, -0.15) is 0 Å². The lowest BCUT2D eigenvalue weighted by molar-refractivity contribution is 0.464. The van der Waals surface area contributed by atoms with Crippen LogP contribution in [0.1, 0.15) is 0 Å². The number of aromatic nitrogens is 1. The number of benzene rings is 2. The Hall–Kier alpha value is -1.79. The van der Waals surface area contributed by atoms with Crippen LogP contribution in [-0.2, 0) is 0 Å². The van der Waals surface area contributed by atoms with Crippen LogP contribution in [0.3, 0.4) is 0 Å². The van der Waals surface area contributed by atoms with E-state index < -0.39 is 11.3 Å². The Bertz CT molecular complexity index is 919. The number of rotatable bonds is 1. The molecule has 0 radical (unpaired) electrons. The highest BCUT2D eigenvalue weighted by atomic mass is 79.9. The van der Waals surface area contributed by atoms with E-state index >= 15 is 0 Å². The monoisotopic (exact) mass is 409 g/mol. The number of aromatic hydroxyl groups is 2. The van der Waals surface area contributed by atoms with Gasteiger partial charge in [-0.05, 0) is 36.4 Å². The van der Waals surface area contributed by atoms with Gasteiger partial charge in [-0.3, -0.25) is 4.79 Å². The Morgan fingerprint density at radius 2 is 1.62 bits per heavy atom. The van der Waals surface area contributed by atoms with E-state index in [2.05, 4.69) is 36.8 Å². The predicted octanol–water partition coefficient (Wildman–Crippen LogP) is 4.13. The number of halogens is 2. The largest absolute Gasteiger partial charge is 0.507 e. The van der Waals surface area contributed by atoms with Crippen molar-refractivity contribution in [1.82, 2.24) is 4.98 Å². The van der Waals surface area contributed by atoms with Crippen molar-refractivity contribution in [3.05, 3.63) is 55.7 Å². The van der Waals surface area contributed by atoms with Gasteiger partial charge >= 0.3 is 0 Å². The molecule has 0 aliphatic heterocycles. The summed E-state index contributed by atoms with van der Waals surface area (Å²) in [5, 5.41) is 20.9. The molecular weight excluding hydrogens is 402 g/mol. The standard InChI is InChI=1S/C15H9Br2NO3/c16-7-1-3-11-9(5-7)13(14(20)15(21)18-11)10-6-8(17)2-4-12(10)19/h1-6,19-20H,(H,18,21). The van der Waals surface area contributed by atoms with E-state index in [0.717, 1.165) is 8.95 Å². The van der Waals surface area contributed by atoms with E-state index in [1.807, 2.05) is 0 Å². The van der Waals surface area contributed by atoms with Gasteiger partial charge in [-0.1, -0.05) is 31.9 Å². The Labute approximate surface area is 136 Å². The van der Waals surface area contributed by atoms with Crippen molar-refractivity contribution in [2.24, 2.45) is 0 Å². The normalized spacial score (nSPS) is 11.0. The molecule has 0 spiro atoms. The molecule has 3 rings (SSSR count). The fraction of sp³-hybridized carbons (Fsp3) is 0. The number of fused-ring (bicyclic) bond motifs is 1. The first kappa shape index (κ1) is 14.2. The van der Waals surface area contributed by atoms with Gasteiger partial charge in [0.25, 0.3) is 5.56 Å². The van der Waals surface area contributed by atoms with Gasteiger partial charge in [0.05, 0.1) is 0 Å². The molecule has 106 valence electrons. The molecule has 3 aromatic rings. The smallest absolute Gasteiger partial charge is 0.291 e. The SMILES string of the molecule is O=c1[nH]c2ccc(Br)cc2c(-c2cc(Br)ccc2O)c1O. The van der Waals surface area contributed by atoms with Crippen molar-refractivity contribution >= 4 is 42.8 Å². The summed E-state index contributed by atoms with van der Waals surface area (Å²) in [5.41, 5.74) is 0.666. The van der Waals surface area contributed by atoms with Crippen LogP contribution in [0.25, 0.3) is 22.0 Å². The maximum absolute atomic E-state index is 11.9. The summed E-state index contributed by atoms with van der Waals surface area (Å²) in [6.07, 6.45) is 0. The van der Waals surface area contributed by atoms with E-state index in [-0.39, 0.29) is 5.75 Å². The van der Waals surface area contributed by atoms with E-state index in [4.69, 9.17) is 0 Å². The van der Waals surface area contributed by atoms with Gasteiger partial charge in [-0.25, -0.2) is 0 Å². The molecule has 3 N–H and O–H groups in total. The maximum atomic E-state index is 11.9. The highest BCUT2D eigenvalue weighted by Gasteiger charge is 2.17. The van der Waals surface area contributed by atoms with Crippen molar-refractivity contribution in [3.63, 3.8) is 0 Å². The Kier molecular flexibility index (Phi) is 3.51. The van der Waals surface area contributed by atoms with E-state index in [1.54, 1.807) is 30.3 Å². The number of phenols is 1. The predicted molar refractivity (Wildman–Crippen MR) is 88.7 cm³/mol. The summed E-state index contributed by atoms with van der Waals surface area (Å²) < 4.78 is 1.54. The first-order chi connectivity index (χ1) is 9.97. The van der Waals surface area contributed by atoms with Crippen molar-refractivity contribution in [1.29, 1.82) is 0 Å². The fourth-order valence-corrected chi connectivity index (χ4v) is 2.96. The maximum Gasteiger partial charge on any atom is 0.291 e. The topological polar surface area (TPSA) is 73.3 Å². The Morgan fingerprint density at radius 3 is 2.38 bits per heavy atom. The van der Waals surface area contributed by atoms with Crippen molar-refractivity contribution in [2.75, 3.05) is 0 Å². The molecule has 6 heteroatoms. The molecule has 1 heterocycles. The minimum absolute atomic E-state index is 0.0135. The second kappa shape index (κ2) is 5.20. The summed E-state index contributed by atoms with van der Waals surface area (Å²) >= 11 is 6.70. The molecular formula is C15H9Br2NO3. The lowest BCUT2D eigenvalue weighted by Gasteiger charge is -2.11. The lowest BCUT2D eigenvalue weighted by atomic mass is 9.99. The second-order valence-corrected chi connectivity index (χ2v) is 6.36.